The zero-order valence-corrected chi connectivity index (χ0v) is 7.83. The molecule has 0 saturated heterocycles. The summed E-state index contributed by atoms with van der Waals surface area (Å²) in [4.78, 5) is 23.3. The predicted molar refractivity (Wildman–Crippen MR) is 46.3 cm³/mol. The van der Waals surface area contributed by atoms with Crippen molar-refractivity contribution in [1.29, 1.82) is 0 Å². The third-order valence-corrected chi connectivity index (χ3v) is 1.81. The van der Waals surface area contributed by atoms with Gasteiger partial charge in [0.25, 0.3) is 0 Å². The molecule has 0 aliphatic carbocycles. The molecule has 0 rings (SSSR count). The van der Waals surface area contributed by atoms with Crippen molar-refractivity contribution in [3.05, 3.63) is 0 Å². The van der Waals surface area contributed by atoms with Gasteiger partial charge in [-0.3, -0.25) is 9.59 Å². The van der Waals surface area contributed by atoms with Crippen LogP contribution < -0.4 is 5.73 Å². The van der Waals surface area contributed by atoms with Gasteiger partial charge in [0.1, 0.15) is 0 Å². The van der Waals surface area contributed by atoms with E-state index in [4.69, 9.17) is 5.73 Å². The molecule has 0 saturated carbocycles. The summed E-state index contributed by atoms with van der Waals surface area (Å²) in [5, 5.41) is 0. The Bertz CT molecular complexity index is 178. The van der Waals surface area contributed by atoms with E-state index in [2.05, 4.69) is 0 Å². The van der Waals surface area contributed by atoms with Crippen LogP contribution in [0.1, 0.15) is 19.8 Å². The maximum absolute atomic E-state index is 11.1. The summed E-state index contributed by atoms with van der Waals surface area (Å²) in [7, 11) is 3.33. The van der Waals surface area contributed by atoms with Crippen LogP contribution in [0, 0.1) is 5.92 Å². The Morgan fingerprint density at radius 2 is 1.92 bits per heavy atom. The molecule has 0 bridgehead atoms. The first-order chi connectivity index (χ1) is 5.49. The van der Waals surface area contributed by atoms with Crippen molar-refractivity contribution in [3.63, 3.8) is 0 Å². The van der Waals surface area contributed by atoms with E-state index < -0.39 is 5.91 Å². The summed E-state index contributed by atoms with van der Waals surface area (Å²) < 4.78 is 0. The number of primary amides is 1. The zero-order chi connectivity index (χ0) is 9.72. The van der Waals surface area contributed by atoms with Crippen LogP contribution in [0.25, 0.3) is 0 Å². The van der Waals surface area contributed by atoms with Gasteiger partial charge in [0, 0.05) is 26.4 Å². The number of hydrogen-bond donors (Lipinski definition) is 1. The molecule has 2 amide bonds. The first-order valence-electron chi connectivity index (χ1n) is 3.98. The van der Waals surface area contributed by atoms with Crippen LogP contribution in [-0.2, 0) is 9.59 Å². The Morgan fingerprint density at radius 3 is 2.17 bits per heavy atom. The van der Waals surface area contributed by atoms with Crippen molar-refractivity contribution >= 4 is 11.8 Å². The molecule has 4 nitrogen and oxygen atoms in total. The lowest BCUT2D eigenvalue weighted by Crippen LogP contribution is -2.30. The molecule has 0 aromatic carbocycles. The second kappa shape index (κ2) is 4.74. The Kier molecular flexibility index (Phi) is 4.33. The molecular formula is C8H16N2O2. The summed E-state index contributed by atoms with van der Waals surface area (Å²) in [5.74, 6) is -0.770. The number of amides is 2. The number of carbonyl (C=O) groups excluding carboxylic acids is 2. The number of carbonyl (C=O) groups is 2. The van der Waals surface area contributed by atoms with Crippen molar-refractivity contribution in [2.75, 3.05) is 14.1 Å². The molecule has 4 heteroatoms. The van der Waals surface area contributed by atoms with Gasteiger partial charge in [0.05, 0.1) is 0 Å². The molecule has 0 aromatic heterocycles. The van der Waals surface area contributed by atoms with Crippen LogP contribution in [0.15, 0.2) is 0 Å². The topological polar surface area (TPSA) is 63.4 Å². The molecule has 0 radical (unpaired) electrons. The monoisotopic (exact) mass is 172 g/mol. The van der Waals surface area contributed by atoms with E-state index in [1.54, 1.807) is 14.1 Å². The molecule has 0 aliphatic rings. The van der Waals surface area contributed by atoms with Crippen LogP contribution in [-0.4, -0.2) is 30.8 Å². The summed E-state index contributed by atoms with van der Waals surface area (Å²) in [6, 6.07) is 0. The minimum Gasteiger partial charge on any atom is -0.369 e. The van der Waals surface area contributed by atoms with E-state index in [1.165, 1.54) is 4.90 Å². The van der Waals surface area contributed by atoms with Gasteiger partial charge in [-0.15, -0.1) is 0 Å². The van der Waals surface area contributed by atoms with Crippen LogP contribution in [0.3, 0.4) is 0 Å². The number of hydrogen-bond acceptors (Lipinski definition) is 2. The first kappa shape index (κ1) is 10.9. The molecule has 2 N–H and O–H groups in total. The second-order valence-electron chi connectivity index (χ2n) is 3.00. The third-order valence-electron chi connectivity index (χ3n) is 1.81. The van der Waals surface area contributed by atoms with Crippen molar-refractivity contribution in [2.45, 2.75) is 19.8 Å². The minimum atomic E-state index is -0.396. The SMILES string of the molecule is CCC(CC(=O)N(C)C)C(N)=O. The smallest absolute Gasteiger partial charge is 0.222 e. The lowest BCUT2D eigenvalue weighted by Gasteiger charge is -2.14. The Hall–Kier alpha value is -1.06. The molecule has 0 aromatic rings. The average molecular weight is 172 g/mol. The number of rotatable bonds is 4. The van der Waals surface area contributed by atoms with Gasteiger partial charge in [-0.25, -0.2) is 0 Å². The summed E-state index contributed by atoms with van der Waals surface area (Å²) in [5.41, 5.74) is 5.09. The lowest BCUT2D eigenvalue weighted by atomic mass is 10.0. The van der Waals surface area contributed by atoms with E-state index in [0.717, 1.165) is 0 Å². The summed E-state index contributed by atoms with van der Waals surface area (Å²) >= 11 is 0. The molecule has 12 heavy (non-hydrogen) atoms. The van der Waals surface area contributed by atoms with E-state index in [1.807, 2.05) is 6.92 Å². The second-order valence-corrected chi connectivity index (χ2v) is 3.00. The standard InChI is InChI=1S/C8H16N2O2/c1-4-6(8(9)12)5-7(11)10(2)3/h6H,4-5H2,1-3H3,(H2,9,12). The zero-order valence-electron chi connectivity index (χ0n) is 7.83. The highest BCUT2D eigenvalue weighted by Gasteiger charge is 2.17. The highest BCUT2D eigenvalue weighted by Crippen LogP contribution is 2.08. The van der Waals surface area contributed by atoms with Crippen LogP contribution in [0.5, 0.6) is 0 Å². The predicted octanol–water partition coefficient (Wildman–Crippen LogP) is -0.0238. The van der Waals surface area contributed by atoms with E-state index >= 15 is 0 Å². The number of nitrogens with zero attached hydrogens (tertiary/aromatic N) is 1. The highest BCUT2D eigenvalue weighted by molar-refractivity contribution is 5.84. The van der Waals surface area contributed by atoms with Gasteiger partial charge in [-0.05, 0) is 6.42 Å². The Labute approximate surface area is 72.7 Å². The fourth-order valence-corrected chi connectivity index (χ4v) is 0.839. The summed E-state index contributed by atoms with van der Waals surface area (Å²) in [6.07, 6.45) is 0.841. The largest absolute Gasteiger partial charge is 0.369 e. The van der Waals surface area contributed by atoms with Crippen molar-refractivity contribution in [3.8, 4) is 0 Å². The highest BCUT2D eigenvalue weighted by atomic mass is 16.2. The minimum absolute atomic E-state index is 0.0550. The molecular weight excluding hydrogens is 156 g/mol. The van der Waals surface area contributed by atoms with Crippen molar-refractivity contribution < 1.29 is 9.59 Å². The quantitative estimate of drug-likeness (QED) is 0.647. The molecule has 1 atom stereocenters. The maximum atomic E-state index is 11.1. The van der Waals surface area contributed by atoms with E-state index in [0.29, 0.717) is 6.42 Å². The molecule has 70 valence electrons. The van der Waals surface area contributed by atoms with E-state index in [9.17, 15) is 9.59 Å². The van der Waals surface area contributed by atoms with Crippen molar-refractivity contribution in [2.24, 2.45) is 11.7 Å². The molecule has 0 aliphatic heterocycles. The average Bonchev–Trinajstić information content (AvgIpc) is 1.98. The van der Waals surface area contributed by atoms with Crippen LogP contribution in [0.2, 0.25) is 0 Å². The van der Waals surface area contributed by atoms with Crippen LogP contribution >= 0.6 is 0 Å². The normalized spacial score (nSPS) is 12.2. The first-order valence-corrected chi connectivity index (χ1v) is 3.98. The molecule has 0 fully saturated rings. The van der Waals surface area contributed by atoms with Gasteiger partial charge < -0.3 is 10.6 Å². The maximum Gasteiger partial charge on any atom is 0.222 e. The van der Waals surface area contributed by atoms with Gasteiger partial charge >= 0.3 is 0 Å². The van der Waals surface area contributed by atoms with Gasteiger partial charge in [-0.1, -0.05) is 6.92 Å². The molecule has 1 unspecified atom stereocenters. The molecule has 0 spiro atoms. The van der Waals surface area contributed by atoms with E-state index in [-0.39, 0.29) is 18.2 Å². The lowest BCUT2D eigenvalue weighted by molar-refractivity contribution is -0.133. The Balaban J connectivity index is 4.03. The van der Waals surface area contributed by atoms with Gasteiger partial charge in [0.15, 0.2) is 0 Å². The van der Waals surface area contributed by atoms with Gasteiger partial charge in [-0.2, -0.15) is 0 Å². The fraction of sp³-hybridized carbons (Fsp3) is 0.750. The van der Waals surface area contributed by atoms with Crippen molar-refractivity contribution in [1.82, 2.24) is 4.90 Å². The Morgan fingerprint density at radius 1 is 1.42 bits per heavy atom. The number of nitrogens with two attached hydrogens (primary N) is 1. The van der Waals surface area contributed by atoms with Gasteiger partial charge in [0.2, 0.25) is 11.8 Å². The fourth-order valence-electron chi connectivity index (χ4n) is 0.839. The third kappa shape index (κ3) is 3.37. The van der Waals surface area contributed by atoms with Crippen LogP contribution in [0.4, 0.5) is 0 Å². The summed E-state index contributed by atoms with van der Waals surface area (Å²) in [6.45, 7) is 1.85. The molecule has 0 heterocycles.